The highest BCUT2D eigenvalue weighted by molar-refractivity contribution is 5.97. The summed E-state index contributed by atoms with van der Waals surface area (Å²) >= 11 is 0. The number of rotatable bonds is 7. The van der Waals surface area contributed by atoms with Crippen molar-refractivity contribution in [2.45, 2.75) is 45.2 Å². The molecule has 1 unspecified atom stereocenters. The molecule has 1 aliphatic rings. The lowest BCUT2D eigenvalue weighted by Crippen LogP contribution is -2.56. The van der Waals surface area contributed by atoms with E-state index in [0.717, 1.165) is 0 Å². The Balaban J connectivity index is 2.05. The molecule has 0 aromatic heterocycles. The van der Waals surface area contributed by atoms with Crippen LogP contribution in [0.5, 0.6) is 0 Å². The molecule has 0 aliphatic carbocycles. The van der Waals surface area contributed by atoms with Gasteiger partial charge in [-0.2, -0.15) is 0 Å². The topological polar surface area (TPSA) is 99.8 Å². The van der Waals surface area contributed by atoms with Crippen LogP contribution in [0.4, 0.5) is 9.18 Å². The molecule has 1 aromatic rings. The van der Waals surface area contributed by atoms with Gasteiger partial charge in [0, 0.05) is 37.8 Å². The highest BCUT2D eigenvalue weighted by Gasteiger charge is 2.34. The van der Waals surface area contributed by atoms with Gasteiger partial charge in [-0.1, -0.05) is 0 Å². The first-order valence-electron chi connectivity index (χ1n) is 10.5. The van der Waals surface area contributed by atoms with E-state index in [4.69, 9.17) is 4.74 Å². The first-order chi connectivity index (χ1) is 14.6. The standard InChI is InChI=1S/C22H33FN4O4/c1-22(2,3)26-21(30)27-12-9-15(10-13-27)18(20(29)24-11-14-31-4)25-19(28)16-5-7-17(23)8-6-16/h5-8,15,18H,9-14H2,1-4H3,(H,24,29)(H,25,28)(H,26,30). The van der Waals surface area contributed by atoms with Gasteiger partial charge in [0.05, 0.1) is 6.61 Å². The molecule has 9 heteroatoms. The molecular formula is C22H33FN4O4. The summed E-state index contributed by atoms with van der Waals surface area (Å²) in [5, 5.41) is 8.52. The highest BCUT2D eigenvalue weighted by atomic mass is 19.1. The van der Waals surface area contributed by atoms with Gasteiger partial charge in [0.15, 0.2) is 0 Å². The van der Waals surface area contributed by atoms with Crippen LogP contribution in [0.25, 0.3) is 0 Å². The molecular weight excluding hydrogens is 403 g/mol. The first-order valence-corrected chi connectivity index (χ1v) is 10.5. The van der Waals surface area contributed by atoms with Crippen molar-refractivity contribution in [2.24, 2.45) is 5.92 Å². The summed E-state index contributed by atoms with van der Waals surface area (Å²) in [4.78, 5) is 39.6. The van der Waals surface area contributed by atoms with Crippen LogP contribution in [0.3, 0.4) is 0 Å². The third-order valence-electron chi connectivity index (χ3n) is 5.06. The Kier molecular flexibility index (Phi) is 8.79. The van der Waals surface area contributed by atoms with Gasteiger partial charge in [-0.3, -0.25) is 9.59 Å². The predicted octanol–water partition coefficient (Wildman–Crippen LogP) is 1.91. The van der Waals surface area contributed by atoms with Crippen molar-refractivity contribution in [3.63, 3.8) is 0 Å². The lowest BCUT2D eigenvalue weighted by Gasteiger charge is -2.37. The molecule has 3 N–H and O–H groups in total. The van der Waals surface area contributed by atoms with Crippen LogP contribution < -0.4 is 16.0 Å². The van der Waals surface area contributed by atoms with E-state index in [1.807, 2.05) is 20.8 Å². The number of methoxy groups -OCH3 is 1. The van der Waals surface area contributed by atoms with E-state index >= 15 is 0 Å². The van der Waals surface area contributed by atoms with E-state index in [1.54, 1.807) is 4.90 Å². The zero-order chi connectivity index (χ0) is 23.0. The number of halogens is 1. The molecule has 1 aliphatic heterocycles. The number of urea groups is 1. The van der Waals surface area contributed by atoms with Gasteiger partial charge >= 0.3 is 6.03 Å². The Labute approximate surface area is 182 Å². The minimum absolute atomic E-state index is 0.134. The molecule has 0 radical (unpaired) electrons. The van der Waals surface area contributed by atoms with E-state index in [2.05, 4.69) is 16.0 Å². The summed E-state index contributed by atoms with van der Waals surface area (Å²) in [5.41, 5.74) is -0.0565. The molecule has 1 fully saturated rings. The van der Waals surface area contributed by atoms with Crippen LogP contribution in [0, 0.1) is 11.7 Å². The summed E-state index contributed by atoms with van der Waals surface area (Å²) in [6.45, 7) is 7.41. The van der Waals surface area contributed by atoms with Gasteiger partial charge in [0.2, 0.25) is 5.91 Å². The fourth-order valence-electron chi connectivity index (χ4n) is 3.45. The highest BCUT2D eigenvalue weighted by Crippen LogP contribution is 2.22. The van der Waals surface area contributed by atoms with Crippen molar-refractivity contribution in [2.75, 3.05) is 33.4 Å². The number of ether oxygens (including phenoxy) is 1. The lowest BCUT2D eigenvalue weighted by atomic mass is 9.88. The smallest absolute Gasteiger partial charge is 0.317 e. The van der Waals surface area contributed by atoms with Crippen molar-refractivity contribution in [3.05, 3.63) is 35.6 Å². The SMILES string of the molecule is COCCNC(=O)C(NC(=O)c1ccc(F)cc1)C1CCN(C(=O)NC(C)(C)C)CC1. The summed E-state index contributed by atoms with van der Waals surface area (Å²) in [5.74, 6) is -1.32. The maximum absolute atomic E-state index is 13.2. The van der Waals surface area contributed by atoms with E-state index in [0.29, 0.717) is 39.1 Å². The molecule has 0 spiro atoms. The summed E-state index contributed by atoms with van der Waals surface area (Å²) < 4.78 is 18.1. The third kappa shape index (κ3) is 7.82. The zero-order valence-corrected chi connectivity index (χ0v) is 18.7. The summed E-state index contributed by atoms with van der Waals surface area (Å²) in [6, 6.07) is 4.27. The minimum atomic E-state index is -0.762. The second-order valence-electron chi connectivity index (χ2n) is 8.75. The van der Waals surface area contributed by atoms with Crippen LogP contribution in [-0.4, -0.2) is 67.7 Å². The Morgan fingerprint density at radius 2 is 1.77 bits per heavy atom. The maximum atomic E-state index is 13.2. The van der Waals surface area contributed by atoms with Crippen molar-refractivity contribution in [1.82, 2.24) is 20.9 Å². The average molecular weight is 437 g/mol. The average Bonchev–Trinajstić information content (AvgIpc) is 2.71. The molecule has 31 heavy (non-hydrogen) atoms. The summed E-state index contributed by atoms with van der Waals surface area (Å²) in [7, 11) is 1.54. The van der Waals surface area contributed by atoms with E-state index < -0.39 is 17.8 Å². The number of likely N-dealkylation sites (tertiary alicyclic amines) is 1. The number of benzene rings is 1. The number of hydrogen-bond acceptors (Lipinski definition) is 4. The fraction of sp³-hybridized carbons (Fsp3) is 0.591. The van der Waals surface area contributed by atoms with Crippen LogP contribution in [0.1, 0.15) is 44.0 Å². The Bertz CT molecular complexity index is 756. The number of carbonyl (C=O) groups is 3. The van der Waals surface area contributed by atoms with Crippen molar-refractivity contribution >= 4 is 17.8 Å². The number of nitrogens with one attached hydrogen (secondary N) is 3. The van der Waals surface area contributed by atoms with E-state index in [1.165, 1.54) is 31.4 Å². The number of carbonyl (C=O) groups excluding carboxylic acids is 3. The Morgan fingerprint density at radius 3 is 2.32 bits per heavy atom. The van der Waals surface area contributed by atoms with Crippen molar-refractivity contribution < 1.29 is 23.5 Å². The first kappa shape index (κ1) is 24.6. The maximum Gasteiger partial charge on any atom is 0.317 e. The second kappa shape index (κ2) is 11.1. The quantitative estimate of drug-likeness (QED) is 0.569. The zero-order valence-electron chi connectivity index (χ0n) is 18.7. The van der Waals surface area contributed by atoms with Crippen LogP contribution in [0.2, 0.25) is 0 Å². The minimum Gasteiger partial charge on any atom is -0.383 e. The molecule has 8 nitrogen and oxygen atoms in total. The van der Waals surface area contributed by atoms with Gasteiger partial charge in [-0.15, -0.1) is 0 Å². The van der Waals surface area contributed by atoms with Gasteiger partial charge in [-0.25, -0.2) is 9.18 Å². The molecule has 1 aromatic carbocycles. The molecule has 1 heterocycles. The van der Waals surface area contributed by atoms with Crippen LogP contribution in [-0.2, 0) is 9.53 Å². The Hall–Kier alpha value is -2.68. The second-order valence-corrected chi connectivity index (χ2v) is 8.75. The predicted molar refractivity (Wildman–Crippen MR) is 115 cm³/mol. The number of piperidine rings is 1. The monoisotopic (exact) mass is 436 g/mol. The van der Waals surface area contributed by atoms with E-state index in [9.17, 15) is 18.8 Å². The molecule has 1 atom stereocenters. The molecule has 4 amide bonds. The third-order valence-corrected chi connectivity index (χ3v) is 5.06. The van der Waals surface area contributed by atoms with Gasteiger partial charge < -0.3 is 25.6 Å². The van der Waals surface area contributed by atoms with Gasteiger partial charge in [0.25, 0.3) is 5.91 Å². The van der Waals surface area contributed by atoms with Crippen molar-refractivity contribution in [3.8, 4) is 0 Å². The number of nitrogens with zero attached hydrogens (tertiary/aromatic N) is 1. The Morgan fingerprint density at radius 1 is 1.16 bits per heavy atom. The normalized spacial score (nSPS) is 15.8. The largest absolute Gasteiger partial charge is 0.383 e. The molecule has 0 saturated carbocycles. The number of amides is 4. The van der Waals surface area contributed by atoms with Crippen LogP contribution in [0.15, 0.2) is 24.3 Å². The molecule has 172 valence electrons. The van der Waals surface area contributed by atoms with E-state index in [-0.39, 0.29) is 29.0 Å². The van der Waals surface area contributed by atoms with Crippen molar-refractivity contribution in [1.29, 1.82) is 0 Å². The van der Waals surface area contributed by atoms with Crippen LogP contribution >= 0.6 is 0 Å². The number of hydrogen-bond donors (Lipinski definition) is 3. The van der Waals surface area contributed by atoms with Gasteiger partial charge in [-0.05, 0) is 63.8 Å². The molecule has 1 saturated heterocycles. The fourth-order valence-corrected chi connectivity index (χ4v) is 3.45. The summed E-state index contributed by atoms with van der Waals surface area (Å²) in [6.07, 6.45) is 1.15. The lowest BCUT2D eigenvalue weighted by molar-refractivity contribution is -0.124. The van der Waals surface area contributed by atoms with Gasteiger partial charge in [0.1, 0.15) is 11.9 Å². The molecule has 0 bridgehead atoms. The molecule has 2 rings (SSSR count).